The predicted octanol–water partition coefficient (Wildman–Crippen LogP) is 3.98. The third-order valence-corrected chi connectivity index (χ3v) is 4.05. The van der Waals surface area contributed by atoms with Crippen LogP contribution >= 0.6 is 0 Å². The van der Waals surface area contributed by atoms with Crippen molar-refractivity contribution in [2.75, 3.05) is 12.4 Å². The highest BCUT2D eigenvalue weighted by atomic mass is 16.6. The Morgan fingerprint density at radius 2 is 1.95 bits per heavy atom. The highest BCUT2D eigenvalue weighted by Gasteiger charge is 2.26. The van der Waals surface area contributed by atoms with Crippen LogP contribution in [0.3, 0.4) is 0 Å². The Labute approximate surface area is 119 Å². The lowest BCUT2D eigenvalue weighted by atomic mass is 9.75. The number of rotatable bonds is 4. The molecular formula is C15H22N2O3. The molecule has 5 heteroatoms. The number of nitro benzene ring substituents is 1. The van der Waals surface area contributed by atoms with Gasteiger partial charge in [0.1, 0.15) is 5.75 Å². The van der Waals surface area contributed by atoms with E-state index in [0.29, 0.717) is 17.2 Å². The molecule has 0 unspecified atom stereocenters. The average molecular weight is 278 g/mol. The first-order valence-electron chi connectivity index (χ1n) is 7.00. The largest absolute Gasteiger partial charge is 0.496 e. The molecule has 1 aliphatic rings. The first kappa shape index (κ1) is 14.6. The van der Waals surface area contributed by atoms with E-state index in [4.69, 9.17) is 4.74 Å². The molecule has 1 saturated carbocycles. The van der Waals surface area contributed by atoms with Gasteiger partial charge < -0.3 is 10.1 Å². The number of ether oxygens (including phenoxy) is 1. The summed E-state index contributed by atoms with van der Waals surface area (Å²) in [6, 6.07) is 5.21. The summed E-state index contributed by atoms with van der Waals surface area (Å²) >= 11 is 0. The van der Waals surface area contributed by atoms with E-state index in [1.165, 1.54) is 26.0 Å². The van der Waals surface area contributed by atoms with Gasteiger partial charge in [-0.25, -0.2) is 0 Å². The Morgan fingerprint density at radius 3 is 2.50 bits per heavy atom. The number of anilines is 1. The third kappa shape index (κ3) is 3.62. The summed E-state index contributed by atoms with van der Waals surface area (Å²) < 4.78 is 5.12. The monoisotopic (exact) mass is 278 g/mol. The van der Waals surface area contributed by atoms with E-state index >= 15 is 0 Å². The maximum absolute atomic E-state index is 10.9. The second-order valence-electron chi connectivity index (χ2n) is 6.26. The van der Waals surface area contributed by atoms with Crippen LogP contribution in [-0.4, -0.2) is 18.1 Å². The van der Waals surface area contributed by atoms with E-state index in [1.807, 2.05) is 6.07 Å². The summed E-state index contributed by atoms with van der Waals surface area (Å²) in [7, 11) is 1.52. The molecule has 1 aromatic rings. The van der Waals surface area contributed by atoms with Gasteiger partial charge in [0.15, 0.2) is 0 Å². The molecule has 1 fully saturated rings. The first-order valence-corrected chi connectivity index (χ1v) is 7.00. The summed E-state index contributed by atoms with van der Waals surface area (Å²) in [6.07, 6.45) is 4.55. The Kier molecular flexibility index (Phi) is 4.16. The quantitative estimate of drug-likeness (QED) is 0.668. The lowest BCUT2D eigenvalue weighted by Gasteiger charge is -2.35. The predicted molar refractivity (Wildman–Crippen MR) is 79.3 cm³/mol. The Hall–Kier alpha value is -1.78. The van der Waals surface area contributed by atoms with Gasteiger partial charge in [0.2, 0.25) is 0 Å². The minimum absolute atomic E-state index is 0.0583. The average Bonchev–Trinajstić information content (AvgIpc) is 2.41. The van der Waals surface area contributed by atoms with Gasteiger partial charge in [-0.15, -0.1) is 0 Å². The van der Waals surface area contributed by atoms with Crippen molar-refractivity contribution in [2.24, 2.45) is 5.41 Å². The number of non-ortho nitro benzene ring substituents is 1. The molecule has 20 heavy (non-hydrogen) atoms. The SMILES string of the molecule is COc1cc(NC2CCC(C)(C)CC2)cc([N+](=O)[O-])c1. The molecule has 0 bridgehead atoms. The summed E-state index contributed by atoms with van der Waals surface area (Å²) in [5.41, 5.74) is 1.24. The first-order chi connectivity index (χ1) is 9.39. The number of methoxy groups -OCH3 is 1. The van der Waals surface area contributed by atoms with Crippen LogP contribution in [0.4, 0.5) is 11.4 Å². The lowest BCUT2D eigenvalue weighted by Crippen LogP contribution is -2.29. The van der Waals surface area contributed by atoms with Gasteiger partial charge in [0.05, 0.1) is 18.1 Å². The number of nitro groups is 1. The number of nitrogens with one attached hydrogen (secondary N) is 1. The highest BCUT2D eigenvalue weighted by Crippen LogP contribution is 2.36. The van der Waals surface area contributed by atoms with E-state index in [-0.39, 0.29) is 5.69 Å². The molecule has 1 aliphatic carbocycles. The van der Waals surface area contributed by atoms with Gasteiger partial charge in [-0.2, -0.15) is 0 Å². The standard InChI is InChI=1S/C15H22N2O3/c1-15(2)6-4-11(5-7-15)16-12-8-13(17(18)19)10-14(9-12)20-3/h8-11,16H,4-7H2,1-3H3. The van der Waals surface area contributed by atoms with E-state index in [1.54, 1.807) is 6.07 Å². The zero-order chi connectivity index (χ0) is 14.8. The molecule has 0 amide bonds. The van der Waals surface area contributed by atoms with Crippen LogP contribution in [0, 0.1) is 15.5 Å². The van der Waals surface area contributed by atoms with Gasteiger partial charge in [-0.1, -0.05) is 13.8 Å². The molecule has 0 saturated heterocycles. The zero-order valence-electron chi connectivity index (χ0n) is 12.3. The fraction of sp³-hybridized carbons (Fsp3) is 0.600. The van der Waals surface area contributed by atoms with Crippen molar-refractivity contribution in [3.63, 3.8) is 0 Å². The van der Waals surface area contributed by atoms with Crippen LogP contribution in [0.15, 0.2) is 18.2 Å². The molecular weight excluding hydrogens is 256 g/mol. The minimum atomic E-state index is -0.391. The smallest absolute Gasteiger partial charge is 0.275 e. The number of hydrogen-bond acceptors (Lipinski definition) is 4. The molecule has 0 atom stereocenters. The Bertz CT molecular complexity index is 490. The van der Waals surface area contributed by atoms with Crippen molar-refractivity contribution in [2.45, 2.75) is 45.6 Å². The maximum atomic E-state index is 10.9. The number of nitrogens with zero attached hydrogens (tertiary/aromatic N) is 1. The lowest BCUT2D eigenvalue weighted by molar-refractivity contribution is -0.384. The summed E-state index contributed by atoms with van der Waals surface area (Å²) in [6.45, 7) is 4.58. The minimum Gasteiger partial charge on any atom is -0.496 e. The fourth-order valence-electron chi connectivity index (χ4n) is 2.67. The third-order valence-electron chi connectivity index (χ3n) is 4.05. The van der Waals surface area contributed by atoms with E-state index in [9.17, 15) is 10.1 Å². The molecule has 0 heterocycles. The van der Waals surface area contributed by atoms with Gasteiger partial charge in [-0.3, -0.25) is 10.1 Å². The van der Waals surface area contributed by atoms with Crippen LogP contribution < -0.4 is 10.1 Å². The van der Waals surface area contributed by atoms with Gasteiger partial charge >= 0.3 is 0 Å². The maximum Gasteiger partial charge on any atom is 0.275 e. The fourth-order valence-corrected chi connectivity index (χ4v) is 2.67. The molecule has 1 N–H and O–H groups in total. The van der Waals surface area contributed by atoms with Crippen molar-refractivity contribution in [3.8, 4) is 5.75 Å². The number of hydrogen-bond donors (Lipinski definition) is 1. The van der Waals surface area contributed by atoms with Crippen molar-refractivity contribution in [1.82, 2.24) is 0 Å². The summed E-state index contributed by atoms with van der Waals surface area (Å²) in [5, 5.41) is 14.3. The van der Waals surface area contributed by atoms with Crippen molar-refractivity contribution in [3.05, 3.63) is 28.3 Å². The van der Waals surface area contributed by atoms with E-state index < -0.39 is 4.92 Å². The van der Waals surface area contributed by atoms with Crippen LogP contribution in [0.2, 0.25) is 0 Å². The van der Waals surface area contributed by atoms with Crippen LogP contribution in [-0.2, 0) is 0 Å². The van der Waals surface area contributed by atoms with Gasteiger partial charge in [0, 0.05) is 23.9 Å². The summed E-state index contributed by atoms with van der Waals surface area (Å²) in [4.78, 5) is 10.5. The molecule has 0 radical (unpaired) electrons. The second-order valence-corrected chi connectivity index (χ2v) is 6.26. The molecule has 1 aromatic carbocycles. The molecule has 0 aliphatic heterocycles. The van der Waals surface area contributed by atoms with Gasteiger partial charge in [0.25, 0.3) is 5.69 Å². The van der Waals surface area contributed by atoms with E-state index in [0.717, 1.165) is 18.5 Å². The zero-order valence-corrected chi connectivity index (χ0v) is 12.3. The second kappa shape index (κ2) is 5.69. The van der Waals surface area contributed by atoms with Crippen LogP contribution in [0.1, 0.15) is 39.5 Å². The molecule has 0 aromatic heterocycles. The van der Waals surface area contributed by atoms with Crippen molar-refractivity contribution in [1.29, 1.82) is 0 Å². The molecule has 2 rings (SSSR count). The number of benzene rings is 1. The Balaban J connectivity index is 2.09. The van der Waals surface area contributed by atoms with Crippen molar-refractivity contribution >= 4 is 11.4 Å². The van der Waals surface area contributed by atoms with Crippen molar-refractivity contribution < 1.29 is 9.66 Å². The molecule has 5 nitrogen and oxygen atoms in total. The van der Waals surface area contributed by atoms with Crippen LogP contribution in [0.5, 0.6) is 5.75 Å². The highest BCUT2D eigenvalue weighted by molar-refractivity contribution is 5.56. The summed E-state index contributed by atoms with van der Waals surface area (Å²) in [5.74, 6) is 0.512. The van der Waals surface area contributed by atoms with Crippen LogP contribution in [0.25, 0.3) is 0 Å². The Morgan fingerprint density at radius 1 is 1.30 bits per heavy atom. The van der Waals surface area contributed by atoms with Gasteiger partial charge in [-0.05, 0) is 31.1 Å². The topological polar surface area (TPSA) is 64.4 Å². The molecule has 0 spiro atoms. The van der Waals surface area contributed by atoms with E-state index in [2.05, 4.69) is 19.2 Å². The normalized spacial score (nSPS) is 18.6. The molecule has 110 valence electrons.